The van der Waals surface area contributed by atoms with Gasteiger partial charge in [0.2, 0.25) is 20.0 Å². The predicted molar refractivity (Wildman–Crippen MR) is 77.8 cm³/mol. The Bertz CT molecular complexity index is 683. The van der Waals surface area contributed by atoms with Crippen molar-refractivity contribution >= 4 is 20.0 Å². The SMILES string of the molecule is Cc1n[nH]c(C)c1S(=O)(=O)NCCS(=O)(=O)N1CCCC1. The molecule has 0 aliphatic carbocycles. The summed E-state index contributed by atoms with van der Waals surface area (Å²) in [5.74, 6) is -0.234. The lowest BCUT2D eigenvalue weighted by Crippen LogP contribution is -2.36. The van der Waals surface area contributed by atoms with Crippen molar-refractivity contribution in [3.05, 3.63) is 11.4 Å². The minimum Gasteiger partial charge on any atom is -0.281 e. The van der Waals surface area contributed by atoms with Crippen molar-refractivity contribution in [3.63, 3.8) is 0 Å². The Morgan fingerprint density at radius 2 is 1.81 bits per heavy atom. The fraction of sp³-hybridized carbons (Fsp3) is 0.727. The zero-order valence-electron chi connectivity index (χ0n) is 12.1. The number of aryl methyl sites for hydroxylation is 2. The lowest BCUT2D eigenvalue weighted by molar-refractivity contribution is 0.477. The van der Waals surface area contributed by atoms with Crippen LogP contribution in [0.4, 0.5) is 0 Å². The minimum absolute atomic E-state index is 0.0843. The maximum Gasteiger partial charge on any atom is 0.244 e. The van der Waals surface area contributed by atoms with Crippen LogP contribution >= 0.6 is 0 Å². The van der Waals surface area contributed by atoms with Gasteiger partial charge in [-0.1, -0.05) is 0 Å². The van der Waals surface area contributed by atoms with Gasteiger partial charge >= 0.3 is 0 Å². The molecule has 21 heavy (non-hydrogen) atoms. The van der Waals surface area contributed by atoms with Crippen molar-refractivity contribution in [1.29, 1.82) is 0 Å². The van der Waals surface area contributed by atoms with Crippen LogP contribution in [-0.4, -0.2) is 56.7 Å². The predicted octanol–water partition coefficient (Wildman–Crippen LogP) is -0.270. The molecule has 1 saturated heterocycles. The lowest BCUT2D eigenvalue weighted by Gasteiger charge is -2.15. The zero-order valence-corrected chi connectivity index (χ0v) is 13.7. The molecule has 1 aromatic rings. The van der Waals surface area contributed by atoms with E-state index in [0.29, 0.717) is 24.5 Å². The number of aromatic nitrogens is 2. The average Bonchev–Trinajstić information content (AvgIpc) is 2.99. The lowest BCUT2D eigenvalue weighted by atomic mass is 10.4. The third-order valence-electron chi connectivity index (χ3n) is 3.44. The fourth-order valence-electron chi connectivity index (χ4n) is 2.41. The number of H-pyrrole nitrogens is 1. The third-order valence-corrected chi connectivity index (χ3v) is 7.03. The van der Waals surface area contributed by atoms with Gasteiger partial charge in [-0.3, -0.25) is 5.10 Å². The van der Waals surface area contributed by atoms with Gasteiger partial charge in [-0.25, -0.2) is 25.9 Å². The van der Waals surface area contributed by atoms with Crippen molar-refractivity contribution in [1.82, 2.24) is 19.2 Å². The van der Waals surface area contributed by atoms with Crippen molar-refractivity contribution in [3.8, 4) is 0 Å². The Kier molecular flexibility index (Phi) is 4.71. The normalized spacial score (nSPS) is 17.4. The van der Waals surface area contributed by atoms with E-state index in [1.54, 1.807) is 13.8 Å². The fourth-order valence-corrected chi connectivity index (χ4v) is 5.37. The Morgan fingerprint density at radius 3 is 2.33 bits per heavy atom. The maximum absolute atomic E-state index is 12.2. The standard InChI is InChI=1S/C11H20N4O4S2/c1-9-11(10(2)14-13-9)21(18,19)12-5-8-20(16,17)15-6-3-4-7-15/h12H,3-8H2,1-2H3,(H,13,14). The molecule has 1 aromatic heterocycles. The first-order valence-corrected chi connectivity index (χ1v) is 9.82. The molecule has 2 heterocycles. The van der Waals surface area contributed by atoms with Gasteiger partial charge in [0, 0.05) is 19.6 Å². The number of hydrogen-bond acceptors (Lipinski definition) is 5. The summed E-state index contributed by atoms with van der Waals surface area (Å²) < 4.78 is 52.1. The van der Waals surface area contributed by atoms with Crippen molar-refractivity contribution in [2.75, 3.05) is 25.4 Å². The van der Waals surface area contributed by atoms with Gasteiger partial charge in [0.1, 0.15) is 4.90 Å². The molecule has 0 bridgehead atoms. The molecule has 10 heteroatoms. The molecule has 0 aromatic carbocycles. The van der Waals surface area contributed by atoms with Crippen LogP contribution in [0.15, 0.2) is 4.90 Å². The molecule has 0 atom stereocenters. The van der Waals surface area contributed by atoms with Crippen LogP contribution in [0.1, 0.15) is 24.2 Å². The third kappa shape index (κ3) is 3.62. The summed E-state index contributed by atoms with van der Waals surface area (Å²) >= 11 is 0. The van der Waals surface area contributed by atoms with Crippen molar-refractivity contribution < 1.29 is 16.8 Å². The highest BCUT2D eigenvalue weighted by Crippen LogP contribution is 2.16. The van der Waals surface area contributed by atoms with E-state index in [4.69, 9.17) is 0 Å². The topological polar surface area (TPSA) is 112 Å². The molecule has 0 radical (unpaired) electrons. The van der Waals surface area contributed by atoms with Crippen LogP contribution in [0.25, 0.3) is 0 Å². The van der Waals surface area contributed by atoms with E-state index in [1.807, 2.05) is 0 Å². The van der Waals surface area contributed by atoms with Crippen LogP contribution < -0.4 is 4.72 Å². The number of sulfonamides is 2. The highest BCUT2D eigenvalue weighted by atomic mass is 32.2. The zero-order chi connectivity index (χ0) is 15.7. The first-order valence-electron chi connectivity index (χ1n) is 6.73. The van der Waals surface area contributed by atoms with Crippen molar-refractivity contribution in [2.24, 2.45) is 0 Å². The van der Waals surface area contributed by atoms with Crippen LogP contribution in [0.5, 0.6) is 0 Å². The van der Waals surface area contributed by atoms with Crippen molar-refractivity contribution in [2.45, 2.75) is 31.6 Å². The summed E-state index contributed by atoms with van der Waals surface area (Å²) in [4.78, 5) is 0.0843. The van der Waals surface area contributed by atoms with E-state index in [-0.39, 0.29) is 17.2 Å². The quantitative estimate of drug-likeness (QED) is 0.742. The van der Waals surface area contributed by atoms with Gasteiger partial charge in [0.15, 0.2) is 0 Å². The van der Waals surface area contributed by atoms with Gasteiger partial charge < -0.3 is 0 Å². The number of rotatable bonds is 6. The minimum atomic E-state index is -3.75. The molecule has 8 nitrogen and oxygen atoms in total. The van der Waals surface area contributed by atoms with E-state index >= 15 is 0 Å². The Balaban J connectivity index is 2.00. The number of nitrogens with one attached hydrogen (secondary N) is 2. The highest BCUT2D eigenvalue weighted by Gasteiger charge is 2.27. The summed E-state index contributed by atoms with van der Waals surface area (Å²) in [5, 5.41) is 6.43. The molecular formula is C11H20N4O4S2. The molecule has 120 valence electrons. The molecule has 0 amide bonds. The van der Waals surface area contributed by atoms with Gasteiger partial charge in [-0.2, -0.15) is 5.10 Å². The monoisotopic (exact) mass is 336 g/mol. The van der Waals surface area contributed by atoms with Crippen LogP contribution in [0.3, 0.4) is 0 Å². The summed E-state index contributed by atoms with van der Waals surface area (Å²) in [6.07, 6.45) is 1.72. The van der Waals surface area contributed by atoms with Gasteiger partial charge in [-0.15, -0.1) is 0 Å². The van der Waals surface area contributed by atoms with Crippen LogP contribution in [0, 0.1) is 13.8 Å². The summed E-state index contributed by atoms with van der Waals surface area (Å²) in [7, 11) is -7.14. The Hall–Kier alpha value is -0.970. The molecule has 2 N–H and O–H groups in total. The molecule has 0 saturated carbocycles. The van der Waals surface area contributed by atoms with Gasteiger partial charge in [0.05, 0.1) is 17.1 Å². The summed E-state index contributed by atoms with van der Waals surface area (Å²) in [6.45, 7) is 4.09. The second-order valence-electron chi connectivity index (χ2n) is 5.08. The Morgan fingerprint density at radius 1 is 1.19 bits per heavy atom. The van der Waals surface area contributed by atoms with Gasteiger partial charge in [0.25, 0.3) is 0 Å². The number of aromatic amines is 1. The average molecular weight is 336 g/mol. The first-order chi connectivity index (χ1) is 9.74. The first kappa shape index (κ1) is 16.4. The number of hydrogen-bond donors (Lipinski definition) is 2. The van der Waals surface area contributed by atoms with E-state index in [0.717, 1.165) is 12.8 Å². The summed E-state index contributed by atoms with van der Waals surface area (Å²) in [6, 6.07) is 0. The molecular weight excluding hydrogens is 316 g/mol. The largest absolute Gasteiger partial charge is 0.281 e. The second kappa shape index (κ2) is 6.03. The smallest absolute Gasteiger partial charge is 0.244 e. The van der Waals surface area contributed by atoms with E-state index < -0.39 is 20.0 Å². The van der Waals surface area contributed by atoms with E-state index in [1.165, 1.54) is 4.31 Å². The molecule has 2 rings (SSSR count). The molecule has 0 spiro atoms. The molecule has 1 aliphatic rings. The van der Waals surface area contributed by atoms with E-state index in [9.17, 15) is 16.8 Å². The molecule has 0 unspecified atom stereocenters. The second-order valence-corrected chi connectivity index (χ2v) is 8.88. The van der Waals surface area contributed by atoms with Crippen LogP contribution in [-0.2, 0) is 20.0 Å². The number of nitrogens with zero attached hydrogens (tertiary/aromatic N) is 2. The molecule has 1 fully saturated rings. The Labute approximate surface area is 125 Å². The summed E-state index contributed by atoms with van der Waals surface area (Å²) in [5.41, 5.74) is 0.796. The van der Waals surface area contributed by atoms with Gasteiger partial charge in [-0.05, 0) is 26.7 Å². The van der Waals surface area contributed by atoms with E-state index in [2.05, 4.69) is 14.9 Å². The highest BCUT2D eigenvalue weighted by molar-refractivity contribution is 7.90. The van der Waals surface area contributed by atoms with Crippen LogP contribution in [0.2, 0.25) is 0 Å². The maximum atomic E-state index is 12.2. The molecule has 1 aliphatic heterocycles.